The van der Waals surface area contributed by atoms with Crippen molar-refractivity contribution in [2.24, 2.45) is 5.92 Å². The van der Waals surface area contributed by atoms with Gasteiger partial charge in [-0.1, -0.05) is 18.2 Å². The number of nitrogens with zero attached hydrogens (tertiary/aromatic N) is 2. The van der Waals surface area contributed by atoms with Gasteiger partial charge in [0, 0.05) is 38.8 Å². The van der Waals surface area contributed by atoms with Gasteiger partial charge in [-0.3, -0.25) is 15.1 Å². The molecule has 0 radical (unpaired) electrons. The Hall–Kier alpha value is -1.63. The van der Waals surface area contributed by atoms with Crippen molar-refractivity contribution >= 4 is 5.91 Å². The van der Waals surface area contributed by atoms with Crippen LogP contribution in [0.3, 0.4) is 0 Å². The maximum Gasteiger partial charge on any atom is 0.241 e. The number of benzene rings is 1. The standard InChI is InChI=1S/C19H28N4O2/c24-19(18-14-17(20-21-18)15-6-7-15)23-10-8-22(9-11-23)12-13-25-16-4-2-1-3-5-16/h1-5,15,17-18,20-21H,6-14H2. The van der Waals surface area contributed by atoms with Crippen molar-refractivity contribution in [3.05, 3.63) is 30.3 Å². The van der Waals surface area contributed by atoms with Crippen LogP contribution in [0.15, 0.2) is 30.3 Å². The summed E-state index contributed by atoms with van der Waals surface area (Å²) in [7, 11) is 0. The molecule has 1 saturated carbocycles. The molecule has 3 aliphatic rings. The number of carbonyl (C=O) groups excluding carboxylic acids is 1. The number of hydrogen-bond donors (Lipinski definition) is 2. The third-order valence-corrected chi connectivity index (χ3v) is 5.53. The number of carbonyl (C=O) groups is 1. The molecule has 0 bridgehead atoms. The molecule has 0 aromatic heterocycles. The largest absolute Gasteiger partial charge is 0.492 e. The number of hydrazine groups is 1. The summed E-state index contributed by atoms with van der Waals surface area (Å²) in [5.74, 6) is 1.96. The van der Waals surface area contributed by atoms with Crippen LogP contribution < -0.4 is 15.6 Å². The van der Waals surface area contributed by atoms with Gasteiger partial charge in [0.25, 0.3) is 0 Å². The topological polar surface area (TPSA) is 56.8 Å². The average Bonchev–Trinajstić information content (AvgIpc) is 3.40. The monoisotopic (exact) mass is 344 g/mol. The molecule has 2 atom stereocenters. The van der Waals surface area contributed by atoms with E-state index in [1.165, 1.54) is 12.8 Å². The van der Waals surface area contributed by atoms with Gasteiger partial charge in [0.1, 0.15) is 18.4 Å². The van der Waals surface area contributed by atoms with Crippen molar-refractivity contribution in [3.63, 3.8) is 0 Å². The van der Waals surface area contributed by atoms with Crippen LogP contribution in [0.1, 0.15) is 19.3 Å². The van der Waals surface area contributed by atoms with Crippen molar-refractivity contribution < 1.29 is 9.53 Å². The third-order valence-electron chi connectivity index (χ3n) is 5.53. The summed E-state index contributed by atoms with van der Waals surface area (Å²) in [6.45, 7) is 5.08. The predicted octanol–water partition coefficient (Wildman–Crippen LogP) is 0.855. The second-order valence-corrected chi connectivity index (χ2v) is 7.35. The first-order valence-corrected chi connectivity index (χ1v) is 9.49. The number of hydrogen-bond acceptors (Lipinski definition) is 5. The van der Waals surface area contributed by atoms with Crippen molar-refractivity contribution in [2.45, 2.75) is 31.3 Å². The molecule has 2 aliphatic heterocycles. The molecule has 2 unspecified atom stereocenters. The molecule has 6 nitrogen and oxygen atoms in total. The van der Waals surface area contributed by atoms with E-state index in [2.05, 4.69) is 15.8 Å². The Morgan fingerprint density at radius 2 is 1.84 bits per heavy atom. The van der Waals surface area contributed by atoms with Gasteiger partial charge in [-0.05, 0) is 37.3 Å². The molecule has 1 aromatic rings. The van der Waals surface area contributed by atoms with Crippen molar-refractivity contribution in [2.75, 3.05) is 39.3 Å². The number of nitrogens with one attached hydrogen (secondary N) is 2. The van der Waals surface area contributed by atoms with E-state index in [1.54, 1.807) is 0 Å². The first-order chi connectivity index (χ1) is 12.3. The second-order valence-electron chi connectivity index (χ2n) is 7.35. The van der Waals surface area contributed by atoms with E-state index in [9.17, 15) is 4.79 Å². The fraction of sp³-hybridized carbons (Fsp3) is 0.632. The molecule has 2 N–H and O–H groups in total. The Morgan fingerprint density at radius 1 is 1.08 bits per heavy atom. The zero-order valence-corrected chi connectivity index (χ0v) is 14.7. The van der Waals surface area contributed by atoms with Gasteiger partial charge in [0.2, 0.25) is 5.91 Å². The predicted molar refractivity (Wildman–Crippen MR) is 96.1 cm³/mol. The van der Waals surface area contributed by atoms with E-state index in [-0.39, 0.29) is 11.9 Å². The fourth-order valence-electron chi connectivity index (χ4n) is 3.77. The molecule has 2 heterocycles. The molecule has 4 rings (SSSR count). The van der Waals surface area contributed by atoms with Crippen LogP contribution in [-0.4, -0.2) is 67.1 Å². The summed E-state index contributed by atoms with van der Waals surface area (Å²) in [5.41, 5.74) is 6.53. The first kappa shape index (κ1) is 16.8. The molecular formula is C19H28N4O2. The molecule has 1 aromatic carbocycles. The average molecular weight is 344 g/mol. The van der Waals surface area contributed by atoms with Crippen molar-refractivity contribution in [1.29, 1.82) is 0 Å². The highest BCUT2D eigenvalue weighted by Crippen LogP contribution is 2.35. The fourth-order valence-corrected chi connectivity index (χ4v) is 3.77. The van der Waals surface area contributed by atoms with Crippen LogP contribution in [0, 0.1) is 5.92 Å². The van der Waals surface area contributed by atoms with Crippen LogP contribution in [-0.2, 0) is 4.79 Å². The SMILES string of the molecule is O=C(C1CC(C2CC2)NN1)N1CCN(CCOc2ccccc2)CC1. The number of rotatable bonds is 6. The summed E-state index contributed by atoms with van der Waals surface area (Å²) in [6, 6.07) is 10.4. The highest BCUT2D eigenvalue weighted by Gasteiger charge is 2.40. The van der Waals surface area contributed by atoms with Crippen LogP contribution in [0.2, 0.25) is 0 Å². The van der Waals surface area contributed by atoms with E-state index in [1.807, 2.05) is 35.2 Å². The number of amides is 1. The number of piperazine rings is 1. The van der Waals surface area contributed by atoms with Gasteiger partial charge >= 0.3 is 0 Å². The quantitative estimate of drug-likeness (QED) is 0.801. The summed E-state index contributed by atoms with van der Waals surface area (Å²) in [5, 5.41) is 0. The molecule has 6 heteroatoms. The molecule has 2 saturated heterocycles. The van der Waals surface area contributed by atoms with E-state index in [0.29, 0.717) is 12.6 Å². The molecule has 136 valence electrons. The first-order valence-electron chi connectivity index (χ1n) is 9.49. The van der Waals surface area contributed by atoms with Gasteiger partial charge in [-0.15, -0.1) is 0 Å². The summed E-state index contributed by atoms with van der Waals surface area (Å²) >= 11 is 0. The Balaban J connectivity index is 1.16. The van der Waals surface area contributed by atoms with Crippen molar-refractivity contribution in [3.8, 4) is 5.75 Å². The number of para-hydroxylation sites is 1. The van der Waals surface area contributed by atoms with Gasteiger partial charge in [-0.2, -0.15) is 0 Å². The zero-order chi connectivity index (χ0) is 17.1. The van der Waals surface area contributed by atoms with E-state index in [0.717, 1.165) is 50.8 Å². The maximum absolute atomic E-state index is 12.7. The highest BCUT2D eigenvalue weighted by molar-refractivity contribution is 5.82. The molecule has 25 heavy (non-hydrogen) atoms. The van der Waals surface area contributed by atoms with Crippen LogP contribution in [0.5, 0.6) is 5.75 Å². The van der Waals surface area contributed by atoms with Crippen LogP contribution in [0.4, 0.5) is 0 Å². The zero-order valence-electron chi connectivity index (χ0n) is 14.7. The minimum absolute atomic E-state index is 0.0430. The Labute approximate surface area is 149 Å². The van der Waals surface area contributed by atoms with E-state index in [4.69, 9.17) is 4.74 Å². The maximum atomic E-state index is 12.7. The summed E-state index contributed by atoms with van der Waals surface area (Å²) < 4.78 is 5.76. The van der Waals surface area contributed by atoms with Crippen LogP contribution >= 0.6 is 0 Å². The Bertz CT molecular complexity index is 570. The molecule has 1 amide bonds. The van der Waals surface area contributed by atoms with Crippen molar-refractivity contribution in [1.82, 2.24) is 20.7 Å². The minimum atomic E-state index is -0.0430. The third kappa shape index (κ3) is 4.32. The normalized spacial score (nSPS) is 27.4. The minimum Gasteiger partial charge on any atom is -0.492 e. The lowest BCUT2D eigenvalue weighted by atomic mass is 10.1. The molecule has 3 fully saturated rings. The van der Waals surface area contributed by atoms with Gasteiger partial charge in [0.15, 0.2) is 0 Å². The smallest absolute Gasteiger partial charge is 0.241 e. The lowest BCUT2D eigenvalue weighted by Gasteiger charge is -2.35. The molecule has 0 spiro atoms. The molecule has 1 aliphatic carbocycles. The van der Waals surface area contributed by atoms with E-state index < -0.39 is 0 Å². The van der Waals surface area contributed by atoms with Gasteiger partial charge < -0.3 is 9.64 Å². The summed E-state index contributed by atoms with van der Waals surface area (Å²) in [4.78, 5) is 17.1. The molecular weight excluding hydrogens is 316 g/mol. The Morgan fingerprint density at radius 3 is 2.56 bits per heavy atom. The second kappa shape index (κ2) is 7.72. The highest BCUT2D eigenvalue weighted by atomic mass is 16.5. The van der Waals surface area contributed by atoms with Gasteiger partial charge in [-0.25, -0.2) is 5.43 Å². The lowest BCUT2D eigenvalue weighted by Crippen LogP contribution is -2.54. The Kier molecular flexibility index (Phi) is 5.20. The van der Waals surface area contributed by atoms with Gasteiger partial charge in [0.05, 0.1) is 0 Å². The summed E-state index contributed by atoms with van der Waals surface area (Å²) in [6.07, 6.45) is 3.56. The lowest BCUT2D eigenvalue weighted by molar-refractivity contribution is -0.135. The van der Waals surface area contributed by atoms with E-state index >= 15 is 0 Å². The van der Waals surface area contributed by atoms with Crippen LogP contribution in [0.25, 0.3) is 0 Å². The number of ether oxygens (including phenoxy) is 1.